The van der Waals surface area contributed by atoms with E-state index in [1.165, 1.54) is 11.3 Å². The van der Waals surface area contributed by atoms with Crippen LogP contribution < -0.4 is 14.4 Å². The Kier molecular flexibility index (Phi) is 7.90. The van der Waals surface area contributed by atoms with E-state index in [4.69, 9.17) is 26.1 Å². The number of carbonyl (C=O) groups is 1. The molecule has 0 aliphatic rings. The number of ether oxygens (including phenoxy) is 2. The van der Waals surface area contributed by atoms with Gasteiger partial charge >= 0.3 is 0 Å². The third kappa shape index (κ3) is 5.76. The molecule has 1 amide bonds. The SMILES string of the molecule is COc1cc2nc(N(CCCN(C)C)C(=O)C=Cc3ccccc3Cl)sc2cc1OC. The first-order valence-electron chi connectivity index (χ1n) is 9.84. The molecule has 0 saturated heterocycles. The number of nitrogens with zero attached hydrogens (tertiary/aromatic N) is 3. The molecule has 0 bridgehead atoms. The maximum absolute atomic E-state index is 13.1. The van der Waals surface area contributed by atoms with Crippen LogP contribution in [0.5, 0.6) is 11.5 Å². The molecule has 2 aromatic carbocycles. The molecule has 3 aromatic rings. The lowest BCUT2D eigenvalue weighted by molar-refractivity contribution is -0.114. The number of amides is 1. The van der Waals surface area contributed by atoms with Gasteiger partial charge in [-0.3, -0.25) is 9.69 Å². The van der Waals surface area contributed by atoms with Crippen molar-refractivity contribution in [1.82, 2.24) is 9.88 Å². The highest BCUT2D eigenvalue weighted by Crippen LogP contribution is 2.37. The van der Waals surface area contributed by atoms with Gasteiger partial charge in [0.05, 0.1) is 24.4 Å². The first-order chi connectivity index (χ1) is 14.9. The average Bonchev–Trinajstić information content (AvgIpc) is 3.17. The summed E-state index contributed by atoms with van der Waals surface area (Å²) in [5, 5.41) is 1.24. The van der Waals surface area contributed by atoms with Gasteiger partial charge in [-0.15, -0.1) is 0 Å². The third-order valence-corrected chi connectivity index (χ3v) is 6.06. The summed E-state index contributed by atoms with van der Waals surface area (Å²) in [7, 11) is 7.22. The summed E-state index contributed by atoms with van der Waals surface area (Å²) in [6.45, 7) is 1.42. The fourth-order valence-electron chi connectivity index (χ4n) is 3.06. The molecular formula is C23H26ClN3O3S. The summed E-state index contributed by atoms with van der Waals surface area (Å²) in [6.07, 6.45) is 4.11. The lowest BCUT2D eigenvalue weighted by Gasteiger charge is -2.19. The van der Waals surface area contributed by atoms with Crippen molar-refractivity contribution in [3.05, 3.63) is 53.1 Å². The molecular weight excluding hydrogens is 434 g/mol. The standard InChI is InChI=1S/C23H26ClN3O3S/c1-26(2)12-7-13-27(22(28)11-10-16-8-5-6-9-17(16)24)23-25-18-14-19(29-3)20(30-4)15-21(18)31-23/h5-6,8-11,14-15H,7,12-13H2,1-4H3. The Balaban J connectivity index is 1.92. The Hall–Kier alpha value is -2.61. The number of fused-ring (bicyclic) bond motifs is 1. The van der Waals surface area contributed by atoms with E-state index in [-0.39, 0.29) is 5.91 Å². The molecule has 0 atom stereocenters. The molecule has 8 heteroatoms. The molecule has 0 saturated carbocycles. The van der Waals surface area contributed by atoms with Gasteiger partial charge in [0.1, 0.15) is 0 Å². The third-order valence-electron chi connectivity index (χ3n) is 4.68. The first kappa shape index (κ1) is 23.1. The van der Waals surface area contributed by atoms with E-state index in [2.05, 4.69) is 4.90 Å². The number of benzene rings is 2. The summed E-state index contributed by atoms with van der Waals surface area (Å²) >= 11 is 7.67. The van der Waals surface area contributed by atoms with Gasteiger partial charge in [0.2, 0.25) is 0 Å². The second kappa shape index (κ2) is 10.6. The van der Waals surface area contributed by atoms with Crippen molar-refractivity contribution < 1.29 is 14.3 Å². The number of halogens is 1. The molecule has 6 nitrogen and oxygen atoms in total. The van der Waals surface area contributed by atoms with Crippen LogP contribution in [0.25, 0.3) is 16.3 Å². The van der Waals surface area contributed by atoms with Crippen molar-refractivity contribution in [3.8, 4) is 11.5 Å². The van der Waals surface area contributed by atoms with Crippen molar-refractivity contribution in [3.63, 3.8) is 0 Å². The Labute approximate surface area is 191 Å². The Morgan fingerprint density at radius 3 is 2.52 bits per heavy atom. The van der Waals surface area contributed by atoms with Gasteiger partial charge in [0.25, 0.3) is 5.91 Å². The van der Waals surface area contributed by atoms with E-state index >= 15 is 0 Å². The maximum Gasteiger partial charge on any atom is 0.252 e. The van der Waals surface area contributed by atoms with E-state index in [9.17, 15) is 4.79 Å². The summed E-state index contributed by atoms with van der Waals surface area (Å²) in [6, 6.07) is 11.1. The predicted molar refractivity (Wildman–Crippen MR) is 129 cm³/mol. The normalized spacial score (nSPS) is 11.4. The van der Waals surface area contributed by atoms with Gasteiger partial charge in [-0.1, -0.05) is 41.1 Å². The average molecular weight is 460 g/mol. The minimum absolute atomic E-state index is 0.142. The fourth-order valence-corrected chi connectivity index (χ4v) is 4.27. The van der Waals surface area contributed by atoms with E-state index in [1.54, 1.807) is 37.3 Å². The van der Waals surface area contributed by atoms with Crippen molar-refractivity contribution >= 4 is 50.3 Å². The van der Waals surface area contributed by atoms with Crippen molar-refractivity contribution in [1.29, 1.82) is 0 Å². The van der Waals surface area contributed by atoms with E-state index in [1.807, 2.05) is 44.4 Å². The van der Waals surface area contributed by atoms with E-state index in [0.29, 0.717) is 28.2 Å². The molecule has 0 fully saturated rings. The zero-order valence-electron chi connectivity index (χ0n) is 18.1. The number of thiazole rings is 1. The van der Waals surface area contributed by atoms with Crippen LogP contribution in [0.4, 0.5) is 5.13 Å². The zero-order valence-corrected chi connectivity index (χ0v) is 19.7. The largest absolute Gasteiger partial charge is 0.493 e. The fraction of sp³-hybridized carbons (Fsp3) is 0.304. The van der Waals surface area contributed by atoms with E-state index < -0.39 is 0 Å². The number of carbonyl (C=O) groups excluding carboxylic acids is 1. The predicted octanol–water partition coefficient (Wildman–Crippen LogP) is 4.97. The molecule has 1 aromatic heterocycles. The van der Waals surface area contributed by atoms with Crippen molar-refractivity contribution in [2.24, 2.45) is 0 Å². The van der Waals surface area contributed by atoms with Crippen LogP contribution in [0.15, 0.2) is 42.5 Å². The van der Waals surface area contributed by atoms with Gasteiger partial charge in [-0.25, -0.2) is 4.98 Å². The van der Waals surface area contributed by atoms with Gasteiger partial charge in [0.15, 0.2) is 16.6 Å². The zero-order chi connectivity index (χ0) is 22.4. The highest BCUT2D eigenvalue weighted by atomic mass is 35.5. The number of anilines is 1. The molecule has 164 valence electrons. The Morgan fingerprint density at radius 2 is 1.84 bits per heavy atom. The number of methoxy groups -OCH3 is 2. The molecule has 0 radical (unpaired) electrons. The molecule has 0 unspecified atom stereocenters. The summed E-state index contributed by atoms with van der Waals surface area (Å²) in [5.41, 5.74) is 1.56. The number of aromatic nitrogens is 1. The van der Waals surface area contributed by atoms with Crippen LogP contribution in [0, 0.1) is 0 Å². The number of hydrogen-bond acceptors (Lipinski definition) is 6. The van der Waals surface area contributed by atoms with Crippen molar-refractivity contribution in [2.75, 3.05) is 46.3 Å². The van der Waals surface area contributed by atoms with Crippen LogP contribution >= 0.6 is 22.9 Å². The summed E-state index contributed by atoms with van der Waals surface area (Å²) in [5.74, 6) is 1.10. The molecule has 3 rings (SSSR count). The first-order valence-corrected chi connectivity index (χ1v) is 11.0. The van der Waals surface area contributed by atoms with Gasteiger partial charge in [-0.05, 0) is 44.8 Å². The maximum atomic E-state index is 13.1. The minimum Gasteiger partial charge on any atom is -0.493 e. The number of rotatable bonds is 9. The van der Waals surface area contributed by atoms with Crippen LogP contribution in [0.3, 0.4) is 0 Å². The van der Waals surface area contributed by atoms with Crippen LogP contribution in [0.2, 0.25) is 5.02 Å². The van der Waals surface area contributed by atoms with Crippen LogP contribution in [0.1, 0.15) is 12.0 Å². The monoisotopic (exact) mass is 459 g/mol. The Bertz CT molecular complexity index is 1040. The molecule has 0 aliphatic carbocycles. The molecule has 0 aliphatic heterocycles. The van der Waals surface area contributed by atoms with Gasteiger partial charge in [0, 0.05) is 29.8 Å². The van der Waals surface area contributed by atoms with E-state index in [0.717, 1.165) is 28.7 Å². The Morgan fingerprint density at radius 1 is 1.13 bits per heavy atom. The summed E-state index contributed by atoms with van der Waals surface area (Å²) < 4.78 is 11.7. The number of hydrogen-bond donors (Lipinski definition) is 0. The van der Waals surface area contributed by atoms with Gasteiger partial charge < -0.3 is 14.4 Å². The van der Waals surface area contributed by atoms with Crippen molar-refractivity contribution in [2.45, 2.75) is 6.42 Å². The highest BCUT2D eigenvalue weighted by molar-refractivity contribution is 7.22. The molecule has 31 heavy (non-hydrogen) atoms. The van der Waals surface area contributed by atoms with Crippen LogP contribution in [-0.4, -0.2) is 57.2 Å². The minimum atomic E-state index is -0.142. The molecule has 0 spiro atoms. The molecule has 1 heterocycles. The topological polar surface area (TPSA) is 54.9 Å². The van der Waals surface area contributed by atoms with Gasteiger partial charge in [-0.2, -0.15) is 0 Å². The lowest BCUT2D eigenvalue weighted by atomic mass is 10.2. The highest BCUT2D eigenvalue weighted by Gasteiger charge is 2.19. The van der Waals surface area contributed by atoms with Crippen LogP contribution in [-0.2, 0) is 4.79 Å². The molecule has 0 N–H and O–H groups in total. The lowest BCUT2D eigenvalue weighted by Crippen LogP contribution is -2.32. The second-order valence-electron chi connectivity index (χ2n) is 7.17. The quantitative estimate of drug-likeness (QED) is 0.423. The summed E-state index contributed by atoms with van der Waals surface area (Å²) in [4.78, 5) is 21.6. The smallest absolute Gasteiger partial charge is 0.252 e. The second-order valence-corrected chi connectivity index (χ2v) is 8.59.